The second-order valence-corrected chi connectivity index (χ2v) is 15.5. The third-order valence-corrected chi connectivity index (χ3v) is 5.91. The van der Waals surface area contributed by atoms with Gasteiger partial charge in [0, 0.05) is 18.2 Å². The molecule has 0 radical (unpaired) electrons. The molecule has 4 amide bonds. The Balaban J connectivity index is 2.98. The van der Waals surface area contributed by atoms with Gasteiger partial charge >= 0.3 is 24.4 Å². The second-order valence-electron chi connectivity index (χ2n) is 15.5. The quantitative estimate of drug-likeness (QED) is 0.228. The molecule has 1 aromatic carbocycles. The highest BCUT2D eigenvalue weighted by atomic mass is 16.6. The predicted molar refractivity (Wildman–Crippen MR) is 190 cm³/mol. The van der Waals surface area contributed by atoms with Crippen LogP contribution in [0.5, 0.6) is 17.2 Å². The maximum Gasteiger partial charge on any atom is 0.427 e. The molecule has 0 unspecified atom stereocenters. The monoisotopic (exact) mass is 718 g/mol. The maximum absolute atomic E-state index is 13.9. The number of aromatic nitrogens is 2. The molecule has 0 aliphatic rings. The SMILES string of the molecule is CCCOc1c(OC)cc(Cc2cnc(N(C(=O)OC(C)(C)C)C(=O)OC(C)(C)C)nc2N(C(=O)OC(C)(C)C)C(=O)OC(C)(C)C)cc1OC. The van der Waals surface area contributed by atoms with Crippen molar-refractivity contribution < 1.29 is 52.3 Å². The molecular weight excluding hydrogens is 664 g/mol. The summed E-state index contributed by atoms with van der Waals surface area (Å²) in [5.41, 5.74) is -3.41. The summed E-state index contributed by atoms with van der Waals surface area (Å²) in [5.74, 6) is 0.243. The van der Waals surface area contributed by atoms with Crippen LogP contribution in [0.4, 0.5) is 30.9 Å². The molecule has 284 valence electrons. The molecule has 0 saturated heterocycles. The van der Waals surface area contributed by atoms with Gasteiger partial charge in [-0.2, -0.15) is 9.88 Å². The van der Waals surface area contributed by atoms with Crippen LogP contribution >= 0.6 is 0 Å². The van der Waals surface area contributed by atoms with Crippen LogP contribution in [-0.4, -0.2) is 77.6 Å². The first-order chi connectivity index (χ1) is 23.3. The number of nitrogens with zero attached hydrogens (tertiary/aromatic N) is 4. The third-order valence-electron chi connectivity index (χ3n) is 5.91. The van der Waals surface area contributed by atoms with E-state index in [2.05, 4.69) is 9.97 Å². The van der Waals surface area contributed by atoms with Crippen LogP contribution < -0.4 is 24.0 Å². The number of carbonyl (C=O) groups is 4. The number of hydrogen-bond donors (Lipinski definition) is 0. The van der Waals surface area contributed by atoms with Gasteiger partial charge in [0.25, 0.3) is 0 Å². The molecule has 1 heterocycles. The number of methoxy groups -OCH3 is 2. The van der Waals surface area contributed by atoms with E-state index in [1.807, 2.05) is 6.92 Å². The zero-order valence-corrected chi connectivity index (χ0v) is 32.6. The van der Waals surface area contributed by atoms with Crippen molar-refractivity contribution in [2.75, 3.05) is 30.6 Å². The molecule has 0 saturated carbocycles. The molecule has 15 heteroatoms. The molecule has 0 spiro atoms. The lowest BCUT2D eigenvalue weighted by Crippen LogP contribution is -2.46. The van der Waals surface area contributed by atoms with E-state index in [-0.39, 0.29) is 17.8 Å². The molecule has 0 fully saturated rings. The zero-order chi connectivity index (χ0) is 39.1. The van der Waals surface area contributed by atoms with Crippen molar-refractivity contribution in [1.29, 1.82) is 0 Å². The van der Waals surface area contributed by atoms with Crippen LogP contribution in [0.25, 0.3) is 0 Å². The minimum atomic E-state index is -1.16. The van der Waals surface area contributed by atoms with Gasteiger partial charge in [0.1, 0.15) is 22.4 Å². The first-order valence-electron chi connectivity index (χ1n) is 16.5. The van der Waals surface area contributed by atoms with E-state index in [9.17, 15) is 19.2 Å². The fourth-order valence-corrected chi connectivity index (χ4v) is 4.13. The van der Waals surface area contributed by atoms with Crippen molar-refractivity contribution in [3.63, 3.8) is 0 Å². The van der Waals surface area contributed by atoms with E-state index >= 15 is 0 Å². The van der Waals surface area contributed by atoms with Gasteiger partial charge in [-0.1, -0.05) is 6.92 Å². The van der Waals surface area contributed by atoms with Crippen molar-refractivity contribution in [2.45, 2.75) is 125 Å². The fourth-order valence-electron chi connectivity index (χ4n) is 4.13. The Morgan fingerprint density at radius 1 is 0.647 bits per heavy atom. The summed E-state index contributed by atoms with van der Waals surface area (Å²) in [6.45, 7) is 21.8. The van der Waals surface area contributed by atoms with E-state index in [0.29, 0.717) is 39.2 Å². The van der Waals surface area contributed by atoms with Gasteiger partial charge in [-0.05, 0) is 107 Å². The van der Waals surface area contributed by atoms with E-state index in [4.69, 9.17) is 33.2 Å². The Labute approximate surface area is 300 Å². The van der Waals surface area contributed by atoms with Crippen LogP contribution in [0.15, 0.2) is 18.3 Å². The van der Waals surface area contributed by atoms with Gasteiger partial charge in [-0.25, -0.2) is 24.2 Å². The summed E-state index contributed by atoms with van der Waals surface area (Å²) in [6.07, 6.45) is -2.60. The van der Waals surface area contributed by atoms with Gasteiger partial charge in [0.2, 0.25) is 11.7 Å². The zero-order valence-electron chi connectivity index (χ0n) is 32.6. The van der Waals surface area contributed by atoms with Crippen molar-refractivity contribution in [3.05, 3.63) is 29.5 Å². The Morgan fingerprint density at radius 3 is 1.39 bits per heavy atom. The minimum absolute atomic E-state index is 0.0165. The third kappa shape index (κ3) is 13.1. The topological polar surface area (TPSA) is 165 Å². The highest BCUT2D eigenvalue weighted by molar-refractivity contribution is 6.11. The Hall–Kier alpha value is -4.82. The average Bonchev–Trinajstić information content (AvgIpc) is 2.93. The molecule has 1 aromatic heterocycles. The first kappa shape index (κ1) is 42.3. The molecule has 0 aliphatic carbocycles. The summed E-state index contributed by atoms with van der Waals surface area (Å²) < 4.78 is 39.3. The largest absolute Gasteiger partial charge is 0.493 e. The number of anilines is 2. The Bertz CT molecular complexity index is 1480. The van der Waals surface area contributed by atoms with E-state index in [1.165, 1.54) is 20.4 Å². The standard InChI is InChI=1S/C36H54N4O11/c1-16-17-47-26-24(45-14)19-22(20-25(26)46-15)18-23-21-37-28(40(31(43)50-35(8,9)10)32(44)51-36(11,12)13)38-27(23)39(29(41)48-33(2,3)4)30(42)49-34(5,6)7/h19-21H,16-18H2,1-15H3. The van der Waals surface area contributed by atoms with Gasteiger partial charge in [0.05, 0.1) is 20.8 Å². The van der Waals surface area contributed by atoms with Crippen LogP contribution in [0, 0.1) is 0 Å². The van der Waals surface area contributed by atoms with Crippen LogP contribution in [-0.2, 0) is 25.4 Å². The van der Waals surface area contributed by atoms with E-state index in [0.717, 1.165) is 6.42 Å². The lowest BCUT2D eigenvalue weighted by Gasteiger charge is -2.30. The highest BCUT2D eigenvalue weighted by Crippen LogP contribution is 2.40. The molecule has 15 nitrogen and oxygen atoms in total. The van der Waals surface area contributed by atoms with Gasteiger partial charge in [0.15, 0.2) is 17.3 Å². The first-order valence-corrected chi connectivity index (χ1v) is 16.5. The van der Waals surface area contributed by atoms with Gasteiger partial charge in [-0.3, -0.25) is 0 Å². The molecule has 0 N–H and O–H groups in total. The van der Waals surface area contributed by atoms with Gasteiger partial charge < -0.3 is 33.2 Å². The minimum Gasteiger partial charge on any atom is -0.493 e. The molecular formula is C36H54N4O11. The van der Waals surface area contributed by atoms with Crippen LogP contribution in [0.3, 0.4) is 0 Å². The summed E-state index contributed by atoms with van der Waals surface area (Å²) in [4.78, 5) is 64.6. The van der Waals surface area contributed by atoms with Gasteiger partial charge in [-0.15, -0.1) is 4.90 Å². The molecule has 0 atom stereocenters. The van der Waals surface area contributed by atoms with Crippen molar-refractivity contribution in [3.8, 4) is 17.2 Å². The van der Waals surface area contributed by atoms with E-state index in [1.54, 1.807) is 95.2 Å². The van der Waals surface area contributed by atoms with Crippen molar-refractivity contribution in [2.24, 2.45) is 0 Å². The average molecular weight is 719 g/mol. The Kier molecular flexibility index (Phi) is 13.7. The molecule has 2 rings (SSSR count). The number of benzene rings is 1. The number of rotatable bonds is 9. The maximum atomic E-state index is 13.9. The number of carbonyl (C=O) groups excluding carboxylic acids is 4. The van der Waals surface area contributed by atoms with Crippen molar-refractivity contribution >= 4 is 36.1 Å². The van der Waals surface area contributed by atoms with Crippen LogP contribution in [0.1, 0.15) is 108 Å². The predicted octanol–water partition coefficient (Wildman–Crippen LogP) is 8.23. The lowest BCUT2D eigenvalue weighted by atomic mass is 10.0. The number of ether oxygens (including phenoxy) is 7. The smallest absolute Gasteiger partial charge is 0.427 e. The molecule has 2 aromatic rings. The second kappa shape index (κ2) is 16.5. The summed E-state index contributed by atoms with van der Waals surface area (Å²) in [6, 6.07) is 3.40. The lowest BCUT2D eigenvalue weighted by molar-refractivity contribution is 0.0410. The Morgan fingerprint density at radius 2 is 1.04 bits per heavy atom. The van der Waals surface area contributed by atoms with E-state index < -0.39 is 52.7 Å². The normalized spacial score (nSPS) is 12.0. The van der Waals surface area contributed by atoms with Crippen LogP contribution in [0.2, 0.25) is 0 Å². The summed E-state index contributed by atoms with van der Waals surface area (Å²) in [5, 5.41) is 0. The molecule has 0 aliphatic heterocycles. The number of imide groups is 2. The fraction of sp³-hybridized carbons (Fsp3) is 0.611. The van der Waals surface area contributed by atoms with Crippen molar-refractivity contribution in [1.82, 2.24) is 9.97 Å². The highest BCUT2D eigenvalue weighted by Gasteiger charge is 2.39. The molecule has 51 heavy (non-hydrogen) atoms. The molecule has 0 bridgehead atoms. The summed E-state index contributed by atoms with van der Waals surface area (Å²) in [7, 11) is 2.96. The summed E-state index contributed by atoms with van der Waals surface area (Å²) >= 11 is 0. The number of amides is 4. The number of hydrogen-bond acceptors (Lipinski definition) is 13.